The number of rotatable bonds is 3. The van der Waals surface area contributed by atoms with Crippen molar-refractivity contribution < 1.29 is 0 Å². The van der Waals surface area contributed by atoms with Crippen molar-refractivity contribution in [1.82, 2.24) is 9.97 Å². The molecule has 0 bridgehead atoms. The van der Waals surface area contributed by atoms with Crippen LogP contribution in [0.4, 0.5) is 11.8 Å². The Morgan fingerprint density at radius 2 is 1.72 bits per heavy atom. The summed E-state index contributed by atoms with van der Waals surface area (Å²) in [7, 11) is 4.03. The normalized spacial score (nSPS) is 20.2. The number of nitrogens with zero attached hydrogens (tertiary/aromatic N) is 4. The van der Waals surface area contributed by atoms with Gasteiger partial charge in [-0.25, -0.2) is 4.98 Å². The van der Waals surface area contributed by atoms with Crippen LogP contribution in [0.3, 0.4) is 0 Å². The van der Waals surface area contributed by atoms with Crippen LogP contribution in [0.5, 0.6) is 0 Å². The molecule has 2 heterocycles. The number of anilines is 2. The highest BCUT2D eigenvalue weighted by Gasteiger charge is 2.37. The zero-order valence-electron chi connectivity index (χ0n) is 14.7. The Morgan fingerprint density at radius 1 is 1.00 bits per heavy atom. The molecule has 1 fully saturated rings. The Morgan fingerprint density at radius 3 is 2.48 bits per heavy atom. The van der Waals surface area contributed by atoms with E-state index in [1.807, 2.05) is 55.4 Å². The molecule has 25 heavy (non-hydrogen) atoms. The van der Waals surface area contributed by atoms with E-state index in [9.17, 15) is 0 Å². The van der Waals surface area contributed by atoms with Gasteiger partial charge < -0.3 is 15.5 Å². The fraction of sp³-hybridized carbons (Fsp3) is 0.300. The second kappa shape index (κ2) is 6.01. The quantitative estimate of drug-likeness (QED) is 0.799. The average Bonchev–Trinajstić information content (AvgIpc) is 3.05. The summed E-state index contributed by atoms with van der Waals surface area (Å²) in [6.45, 7) is 1.58. The molecule has 0 aliphatic carbocycles. The Bertz CT molecular complexity index is 893. The molecule has 2 N–H and O–H groups in total. The fourth-order valence-electron chi connectivity index (χ4n) is 3.54. The number of nitrogens with two attached hydrogens (primary N) is 1. The van der Waals surface area contributed by atoms with E-state index in [0.717, 1.165) is 42.2 Å². The Labute approximate surface area is 148 Å². The third kappa shape index (κ3) is 2.81. The highest BCUT2D eigenvalue weighted by atomic mass is 15.3. The van der Waals surface area contributed by atoms with Crippen molar-refractivity contribution in [2.45, 2.75) is 12.0 Å². The van der Waals surface area contributed by atoms with Crippen LogP contribution in [0, 0.1) is 0 Å². The molecule has 4 rings (SSSR count). The van der Waals surface area contributed by atoms with Crippen LogP contribution in [0.1, 0.15) is 12.0 Å². The lowest BCUT2D eigenvalue weighted by Crippen LogP contribution is -2.40. The zero-order valence-corrected chi connectivity index (χ0v) is 14.7. The summed E-state index contributed by atoms with van der Waals surface area (Å²) in [5.74, 6) is 1.69. The van der Waals surface area contributed by atoms with E-state index < -0.39 is 0 Å². The lowest BCUT2D eigenvalue weighted by Gasteiger charge is -2.26. The van der Waals surface area contributed by atoms with Gasteiger partial charge in [0.25, 0.3) is 0 Å². The molecule has 0 saturated carbocycles. The number of benzene rings is 2. The number of para-hydroxylation sites is 1. The molecule has 0 amide bonds. The molecular weight excluding hydrogens is 310 g/mol. The molecule has 3 aromatic rings. The highest BCUT2D eigenvalue weighted by molar-refractivity contribution is 5.90. The molecule has 0 radical (unpaired) electrons. The van der Waals surface area contributed by atoms with Crippen LogP contribution in [0.15, 0.2) is 54.6 Å². The summed E-state index contributed by atoms with van der Waals surface area (Å²) < 4.78 is 0. The second-order valence-corrected chi connectivity index (χ2v) is 6.95. The van der Waals surface area contributed by atoms with Crippen LogP contribution in [-0.4, -0.2) is 37.2 Å². The smallest absolute Gasteiger partial charge is 0.227 e. The molecule has 1 atom stereocenters. The van der Waals surface area contributed by atoms with Gasteiger partial charge in [0.1, 0.15) is 5.82 Å². The van der Waals surface area contributed by atoms with Gasteiger partial charge in [0, 0.05) is 32.6 Å². The van der Waals surface area contributed by atoms with E-state index >= 15 is 0 Å². The van der Waals surface area contributed by atoms with Crippen LogP contribution in [0.2, 0.25) is 0 Å². The molecule has 1 aliphatic heterocycles. The van der Waals surface area contributed by atoms with Crippen molar-refractivity contribution >= 4 is 22.7 Å². The Hall–Kier alpha value is -2.66. The molecule has 1 unspecified atom stereocenters. The first kappa shape index (κ1) is 15.8. The molecule has 2 aromatic carbocycles. The van der Waals surface area contributed by atoms with E-state index in [1.54, 1.807) is 0 Å². The maximum Gasteiger partial charge on any atom is 0.227 e. The first-order chi connectivity index (χ1) is 12.1. The zero-order chi connectivity index (χ0) is 17.4. The Kier molecular flexibility index (Phi) is 3.81. The predicted octanol–water partition coefficient (Wildman–Crippen LogP) is 2.76. The first-order valence-electron chi connectivity index (χ1n) is 8.60. The molecule has 1 aliphatic rings. The molecule has 5 nitrogen and oxygen atoms in total. The lowest BCUT2D eigenvalue weighted by atomic mass is 9.90. The average molecular weight is 333 g/mol. The van der Waals surface area contributed by atoms with Gasteiger partial charge in [0.2, 0.25) is 5.95 Å². The molecule has 1 saturated heterocycles. The summed E-state index contributed by atoms with van der Waals surface area (Å²) in [5, 5.41) is 1.07. The molecule has 1 aromatic heterocycles. The summed E-state index contributed by atoms with van der Waals surface area (Å²) in [6, 6.07) is 18.5. The van der Waals surface area contributed by atoms with E-state index in [4.69, 9.17) is 15.7 Å². The van der Waals surface area contributed by atoms with E-state index in [0.29, 0.717) is 0 Å². The van der Waals surface area contributed by atoms with Gasteiger partial charge in [-0.3, -0.25) is 0 Å². The SMILES string of the molecule is CN(C)c1nc(N2CCC(N)(c3ccccc3)C2)nc2ccccc12. The lowest BCUT2D eigenvalue weighted by molar-refractivity contribution is 0.499. The van der Waals surface area contributed by atoms with Crippen LogP contribution in [0.25, 0.3) is 10.9 Å². The van der Waals surface area contributed by atoms with Gasteiger partial charge in [0.05, 0.1) is 11.1 Å². The van der Waals surface area contributed by atoms with Gasteiger partial charge in [-0.1, -0.05) is 42.5 Å². The summed E-state index contributed by atoms with van der Waals surface area (Å²) in [5.41, 5.74) is 8.49. The van der Waals surface area contributed by atoms with Crippen LogP contribution < -0.4 is 15.5 Å². The minimum atomic E-state index is -0.353. The van der Waals surface area contributed by atoms with Gasteiger partial charge in [-0.15, -0.1) is 0 Å². The summed E-state index contributed by atoms with van der Waals surface area (Å²) in [4.78, 5) is 13.9. The van der Waals surface area contributed by atoms with Crippen molar-refractivity contribution in [2.75, 3.05) is 37.0 Å². The summed E-state index contributed by atoms with van der Waals surface area (Å²) in [6.07, 6.45) is 0.893. The second-order valence-electron chi connectivity index (χ2n) is 6.95. The topological polar surface area (TPSA) is 58.3 Å². The molecular formula is C20H23N5. The van der Waals surface area contributed by atoms with Gasteiger partial charge >= 0.3 is 0 Å². The van der Waals surface area contributed by atoms with E-state index in [-0.39, 0.29) is 5.54 Å². The standard InChI is InChI=1S/C20H23N5/c1-24(2)18-16-10-6-7-11-17(16)22-19(23-18)25-13-12-20(21,14-25)15-8-4-3-5-9-15/h3-11H,12-14,21H2,1-2H3. The molecule has 5 heteroatoms. The minimum absolute atomic E-state index is 0.353. The fourth-order valence-corrected chi connectivity index (χ4v) is 3.54. The van der Waals surface area contributed by atoms with Crippen molar-refractivity contribution in [2.24, 2.45) is 5.73 Å². The monoisotopic (exact) mass is 333 g/mol. The van der Waals surface area contributed by atoms with Crippen molar-refractivity contribution in [3.8, 4) is 0 Å². The predicted molar refractivity (Wildman–Crippen MR) is 103 cm³/mol. The van der Waals surface area contributed by atoms with Crippen molar-refractivity contribution in [3.05, 3.63) is 60.2 Å². The molecule has 0 spiro atoms. The summed E-state index contributed by atoms with van der Waals surface area (Å²) >= 11 is 0. The number of hydrogen-bond acceptors (Lipinski definition) is 5. The number of hydrogen-bond donors (Lipinski definition) is 1. The Balaban J connectivity index is 1.71. The first-order valence-corrected chi connectivity index (χ1v) is 8.60. The maximum atomic E-state index is 6.71. The third-order valence-corrected chi connectivity index (χ3v) is 4.93. The van der Waals surface area contributed by atoms with Gasteiger partial charge in [0.15, 0.2) is 0 Å². The van der Waals surface area contributed by atoms with Crippen LogP contribution >= 0.6 is 0 Å². The highest BCUT2D eigenvalue weighted by Crippen LogP contribution is 2.33. The van der Waals surface area contributed by atoms with Gasteiger partial charge in [-0.2, -0.15) is 4.98 Å². The minimum Gasteiger partial charge on any atom is -0.362 e. The number of aromatic nitrogens is 2. The maximum absolute atomic E-state index is 6.71. The largest absolute Gasteiger partial charge is 0.362 e. The van der Waals surface area contributed by atoms with Gasteiger partial charge in [-0.05, 0) is 24.1 Å². The van der Waals surface area contributed by atoms with Crippen molar-refractivity contribution in [3.63, 3.8) is 0 Å². The van der Waals surface area contributed by atoms with Crippen LogP contribution in [-0.2, 0) is 5.54 Å². The van der Waals surface area contributed by atoms with Crippen molar-refractivity contribution in [1.29, 1.82) is 0 Å². The van der Waals surface area contributed by atoms with E-state index in [1.165, 1.54) is 5.56 Å². The molecule has 128 valence electrons. The number of fused-ring (bicyclic) bond motifs is 1. The van der Waals surface area contributed by atoms with E-state index in [2.05, 4.69) is 23.1 Å². The third-order valence-electron chi connectivity index (χ3n) is 4.93.